The molecule has 1 fully saturated rings. The lowest BCUT2D eigenvalue weighted by molar-refractivity contribution is -0.183. The van der Waals surface area contributed by atoms with Gasteiger partial charge in [-0.15, -0.1) is 11.3 Å². The molecule has 1 saturated heterocycles. The lowest BCUT2D eigenvalue weighted by Gasteiger charge is -2.32. The van der Waals surface area contributed by atoms with E-state index in [0.717, 1.165) is 47.3 Å². The maximum atomic E-state index is 12.1. The Bertz CT molecular complexity index is 1080. The van der Waals surface area contributed by atoms with Crippen molar-refractivity contribution >= 4 is 54.3 Å². The van der Waals surface area contributed by atoms with Gasteiger partial charge in [0, 0.05) is 52.8 Å². The Hall–Kier alpha value is -1.78. The van der Waals surface area contributed by atoms with E-state index in [4.69, 9.17) is 9.67 Å². The smallest absolute Gasteiger partial charge is 0.380 e. The van der Waals surface area contributed by atoms with Gasteiger partial charge in [-0.3, -0.25) is 9.79 Å². The third kappa shape index (κ3) is 3.41. The van der Waals surface area contributed by atoms with Crippen molar-refractivity contribution in [1.82, 2.24) is 9.80 Å². The number of thiophene rings is 1. The van der Waals surface area contributed by atoms with E-state index in [9.17, 15) is 9.59 Å². The summed E-state index contributed by atoms with van der Waals surface area (Å²) in [6.45, 7) is 4.95. The fourth-order valence-corrected chi connectivity index (χ4v) is 5.31. The highest BCUT2D eigenvalue weighted by Crippen LogP contribution is 2.40. The van der Waals surface area contributed by atoms with E-state index < -0.39 is 11.6 Å². The molecule has 4 rings (SSSR count). The van der Waals surface area contributed by atoms with Crippen molar-refractivity contribution in [3.8, 4) is 0 Å². The first-order valence-corrected chi connectivity index (χ1v) is 10.0. The first kappa shape index (κ1) is 18.6. The summed E-state index contributed by atoms with van der Waals surface area (Å²) in [5, 5.41) is 10.1. The van der Waals surface area contributed by atoms with Crippen LogP contribution in [0.1, 0.15) is 15.2 Å². The maximum absolute atomic E-state index is 12.1. The normalized spacial score (nSPS) is 16.3. The summed E-state index contributed by atoms with van der Waals surface area (Å²) in [5.41, 5.74) is -0.737. The molecule has 7 nitrogen and oxygen atoms in total. The van der Waals surface area contributed by atoms with Gasteiger partial charge in [0.1, 0.15) is 5.56 Å². The topological polar surface area (TPSA) is 83.2 Å². The van der Waals surface area contributed by atoms with Crippen LogP contribution in [0.4, 0.5) is 0 Å². The molecule has 1 aromatic carbocycles. The zero-order valence-electron chi connectivity index (χ0n) is 14.5. The molecule has 0 spiro atoms. The van der Waals surface area contributed by atoms with Gasteiger partial charge in [-0.05, 0) is 29.0 Å². The Morgan fingerprint density at radius 1 is 1.33 bits per heavy atom. The number of nitrogens with zero attached hydrogens (tertiary/aromatic N) is 2. The van der Waals surface area contributed by atoms with Crippen molar-refractivity contribution < 1.29 is 19.4 Å². The predicted octanol–water partition coefficient (Wildman–Crippen LogP) is 3.15. The van der Waals surface area contributed by atoms with Gasteiger partial charge in [-0.25, -0.2) is 9.59 Å². The van der Waals surface area contributed by atoms with Gasteiger partial charge in [-0.2, -0.15) is 5.26 Å². The molecule has 0 amide bonds. The third-order valence-electron chi connectivity index (χ3n) is 4.83. The van der Waals surface area contributed by atoms with Crippen molar-refractivity contribution in [2.75, 3.05) is 33.2 Å². The molecule has 2 aromatic heterocycles. The minimum Gasteiger partial charge on any atom is -0.421 e. The number of benzene rings is 1. The number of carbonyl (C=O) groups excluding carboxylic acids is 1. The number of carbonyl (C=O) groups is 1. The van der Waals surface area contributed by atoms with Crippen LogP contribution in [-0.2, 0) is 11.4 Å². The first-order chi connectivity index (χ1) is 13.0. The van der Waals surface area contributed by atoms with E-state index >= 15 is 0 Å². The highest BCUT2D eigenvalue weighted by molar-refractivity contribution is 9.10. The summed E-state index contributed by atoms with van der Waals surface area (Å²) in [7, 11) is 2.13. The van der Waals surface area contributed by atoms with Crippen LogP contribution in [0.5, 0.6) is 0 Å². The number of fused-ring (bicyclic) bond motifs is 3. The molecule has 0 bridgehead atoms. The summed E-state index contributed by atoms with van der Waals surface area (Å²) in [4.78, 5) is 33.2. The quantitative estimate of drug-likeness (QED) is 0.371. The second-order valence-electron chi connectivity index (χ2n) is 6.61. The molecule has 0 unspecified atom stereocenters. The van der Waals surface area contributed by atoms with Crippen LogP contribution in [0.15, 0.2) is 31.9 Å². The zero-order valence-corrected chi connectivity index (χ0v) is 16.9. The number of piperazine rings is 1. The largest absolute Gasteiger partial charge is 0.421 e. The molecule has 3 heterocycles. The number of hydrogen-bond donors (Lipinski definition) is 1. The molecule has 1 aliphatic heterocycles. The van der Waals surface area contributed by atoms with Crippen molar-refractivity contribution in [1.29, 1.82) is 0 Å². The minimum absolute atomic E-state index is 0.336. The molecular weight excluding hydrogens is 436 g/mol. The minimum atomic E-state index is -1.13. The summed E-state index contributed by atoms with van der Waals surface area (Å²) in [6, 6.07) is 5.10. The van der Waals surface area contributed by atoms with E-state index in [0.29, 0.717) is 11.0 Å². The highest BCUT2D eigenvalue weighted by Gasteiger charge is 2.21. The molecule has 3 aromatic rings. The molecule has 0 aliphatic carbocycles. The average molecular weight is 453 g/mol. The van der Waals surface area contributed by atoms with E-state index in [1.807, 2.05) is 6.07 Å². The van der Waals surface area contributed by atoms with E-state index in [1.54, 1.807) is 17.4 Å². The Balaban J connectivity index is 1.77. The van der Waals surface area contributed by atoms with Gasteiger partial charge in [0.15, 0.2) is 5.58 Å². The second-order valence-corrected chi connectivity index (χ2v) is 8.50. The molecule has 0 saturated carbocycles. The van der Waals surface area contributed by atoms with Gasteiger partial charge >= 0.3 is 11.6 Å². The van der Waals surface area contributed by atoms with Crippen LogP contribution in [0.2, 0.25) is 0 Å². The Labute approximate surface area is 166 Å². The standard InChI is InChI=1S/C18H17BrN2O5S/c1-20-4-6-21(7-5-20)9-13-14(19)11-3-2-10-8-12(18(23)26-24)17(22)25-15(10)16(11)27-13/h2-3,8,24H,4-7,9H2,1H3. The summed E-state index contributed by atoms with van der Waals surface area (Å²) < 4.78 is 7.26. The SMILES string of the molecule is CN1CCN(Cc2sc3c(ccc4cc(C(=O)OO)c(=O)oc43)c2Br)CC1. The highest BCUT2D eigenvalue weighted by atomic mass is 79.9. The monoisotopic (exact) mass is 452 g/mol. The molecule has 142 valence electrons. The van der Waals surface area contributed by atoms with Crippen LogP contribution in [0.25, 0.3) is 21.1 Å². The van der Waals surface area contributed by atoms with Gasteiger partial charge in [0.25, 0.3) is 0 Å². The van der Waals surface area contributed by atoms with Gasteiger partial charge < -0.3 is 9.32 Å². The van der Waals surface area contributed by atoms with Gasteiger partial charge in [0.2, 0.25) is 0 Å². The summed E-state index contributed by atoms with van der Waals surface area (Å²) in [5.74, 6) is -1.13. The Kier molecular flexibility index (Phi) is 5.04. The Morgan fingerprint density at radius 2 is 2.07 bits per heavy atom. The van der Waals surface area contributed by atoms with Crippen LogP contribution in [-0.4, -0.2) is 54.3 Å². The van der Waals surface area contributed by atoms with Crippen LogP contribution >= 0.6 is 27.3 Å². The second kappa shape index (κ2) is 7.33. The molecule has 27 heavy (non-hydrogen) atoms. The lowest BCUT2D eigenvalue weighted by Crippen LogP contribution is -2.43. The average Bonchev–Trinajstić information content (AvgIpc) is 2.98. The van der Waals surface area contributed by atoms with Gasteiger partial charge in [0.05, 0.1) is 4.70 Å². The number of halogens is 1. The summed E-state index contributed by atoms with van der Waals surface area (Å²) in [6.07, 6.45) is 0. The fraction of sp³-hybridized carbons (Fsp3) is 0.333. The maximum Gasteiger partial charge on any atom is 0.380 e. The first-order valence-electron chi connectivity index (χ1n) is 8.42. The van der Waals surface area contributed by atoms with E-state index in [-0.39, 0.29) is 5.56 Å². The molecule has 1 N–H and O–H groups in total. The molecule has 0 radical (unpaired) electrons. The Morgan fingerprint density at radius 3 is 2.78 bits per heavy atom. The molecule has 1 aliphatic rings. The molecular formula is C18H17BrN2O5S. The fourth-order valence-electron chi connectivity index (χ4n) is 3.25. The van der Waals surface area contributed by atoms with Crippen molar-refractivity contribution in [3.63, 3.8) is 0 Å². The predicted molar refractivity (Wildman–Crippen MR) is 106 cm³/mol. The van der Waals surface area contributed by atoms with Crippen molar-refractivity contribution in [2.45, 2.75) is 6.54 Å². The zero-order chi connectivity index (χ0) is 19.1. The lowest BCUT2D eigenvalue weighted by atomic mass is 10.1. The van der Waals surface area contributed by atoms with Crippen molar-refractivity contribution in [3.05, 3.63) is 43.5 Å². The number of hydrogen-bond acceptors (Lipinski definition) is 8. The molecule has 9 heteroatoms. The van der Waals surface area contributed by atoms with Gasteiger partial charge in [-0.1, -0.05) is 12.1 Å². The van der Waals surface area contributed by atoms with E-state index in [2.05, 4.69) is 37.7 Å². The van der Waals surface area contributed by atoms with Crippen LogP contribution in [0.3, 0.4) is 0 Å². The van der Waals surface area contributed by atoms with Crippen molar-refractivity contribution in [2.24, 2.45) is 0 Å². The third-order valence-corrected chi connectivity index (χ3v) is 7.19. The summed E-state index contributed by atoms with van der Waals surface area (Å²) >= 11 is 5.27. The number of likely N-dealkylation sites (N-methyl/N-ethyl adjacent to an activating group) is 1. The van der Waals surface area contributed by atoms with Crippen LogP contribution < -0.4 is 5.63 Å². The molecule has 0 atom stereocenters. The number of rotatable bonds is 3. The van der Waals surface area contributed by atoms with E-state index in [1.165, 1.54) is 10.9 Å². The van der Waals surface area contributed by atoms with Crippen LogP contribution in [0, 0.1) is 0 Å².